The fourth-order valence-electron chi connectivity index (χ4n) is 5.74. The van der Waals surface area contributed by atoms with Crippen molar-refractivity contribution in [1.29, 1.82) is 0 Å². The molecule has 0 spiro atoms. The van der Waals surface area contributed by atoms with Crippen molar-refractivity contribution >= 4 is 23.7 Å². The summed E-state index contributed by atoms with van der Waals surface area (Å²) >= 11 is 1.53. The van der Waals surface area contributed by atoms with Crippen LogP contribution in [0.4, 0.5) is 0 Å². The van der Waals surface area contributed by atoms with Crippen LogP contribution in [0.3, 0.4) is 0 Å². The summed E-state index contributed by atoms with van der Waals surface area (Å²) in [5, 5.41) is 10.00. The normalized spacial score (nSPS) is 32.9. The monoisotopic (exact) mass is 498 g/mol. The fourth-order valence-corrected chi connectivity index (χ4v) is 6.76. The second kappa shape index (κ2) is 10.9. The Morgan fingerprint density at radius 3 is 2.63 bits per heavy atom. The molecular weight excluding hydrogens is 460 g/mol. The third-order valence-corrected chi connectivity index (χ3v) is 8.70. The second-order valence-corrected chi connectivity index (χ2v) is 12.6. The van der Waals surface area contributed by atoms with Crippen molar-refractivity contribution in [3.63, 3.8) is 0 Å². The summed E-state index contributed by atoms with van der Waals surface area (Å²) in [4.78, 5) is 26.3. The van der Waals surface area contributed by atoms with Crippen molar-refractivity contribution < 1.29 is 24.2 Å². The van der Waals surface area contributed by atoms with Crippen molar-refractivity contribution in [3.05, 3.63) is 54.1 Å². The number of cyclic esters (lactones) is 1. The summed E-state index contributed by atoms with van der Waals surface area (Å²) in [6, 6.07) is 9.96. The highest BCUT2D eigenvalue weighted by Gasteiger charge is 2.43. The van der Waals surface area contributed by atoms with Crippen LogP contribution in [0.2, 0.25) is 0 Å². The van der Waals surface area contributed by atoms with Gasteiger partial charge in [-0.05, 0) is 68.6 Å². The Bertz CT molecular complexity index is 969. The molecule has 3 aliphatic rings. The van der Waals surface area contributed by atoms with E-state index in [4.69, 9.17) is 9.47 Å². The highest BCUT2D eigenvalue weighted by molar-refractivity contribution is 8.01. The van der Waals surface area contributed by atoms with Crippen molar-refractivity contribution in [3.8, 4) is 0 Å². The molecular formula is C29H38O5S. The Kier molecular flexibility index (Phi) is 8.12. The van der Waals surface area contributed by atoms with E-state index < -0.39 is 10.9 Å². The first-order chi connectivity index (χ1) is 16.6. The number of aliphatic hydroxyl groups is 1. The number of carbonyl (C=O) groups is 2. The summed E-state index contributed by atoms with van der Waals surface area (Å²) in [7, 11) is 0. The zero-order chi connectivity index (χ0) is 25.2. The molecule has 1 N–H and O–H groups in total. The van der Waals surface area contributed by atoms with Gasteiger partial charge in [0.2, 0.25) is 0 Å². The van der Waals surface area contributed by atoms with Gasteiger partial charge in [-0.15, -0.1) is 11.8 Å². The lowest BCUT2D eigenvalue weighted by atomic mass is 9.65. The number of aliphatic hydroxyl groups excluding tert-OH is 1. The number of rotatable bonds is 7. The fraction of sp³-hybridized carbons (Fsp3) is 0.586. The van der Waals surface area contributed by atoms with Crippen LogP contribution in [0.15, 0.2) is 59.0 Å². The number of hydrogen-bond acceptors (Lipinski definition) is 6. The van der Waals surface area contributed by atoms with Gasteiger partial charge in [-0.3, -0.25) is 9.59 Å². The van der Waals surface area contributed by atoms with Gasteiger partial charge >= 0.3 is 11.9 Å². The summed E-state index contributed by atoms with van der Waals surface area (Å²) < 4.78 is 11.1. The number of hydrogen-bond donors (Lipinski definition) is 1. The minimum Gasteiger partial charge on any atom is -0.462 e. The Labute approximate surface area is 213 Å². The average Bonchev–Trinajstić information content (AvgIpc) is 2.78. The first-order valence-corrected chi connectivity index (χ1v) is 13.7. The van der Waals surface area contributed by atoms with Crippen LogP contribution >= 0.6 is 11.8 Å². The van der Waals surface area contributed by atoms with E-state index in [0.29, 0.717) is 24.7 Å². The molecule has 0 amide bonds. The van der Waals surface area contributed by atoms with Crippen molar-refractivity contribution in [2.24, 2.45) is 23.7 Å². The van der Waals surface area contributed by atoms with E-state index in [1.807, 2.05) is 44.2 Å². The van der Waals surface area contributed by atoms with Crippen LogP contribution in [0.25, 0.3) is 0 Å². The molecule has 1 saturated heterocycles. The van der Waals surface area contributed by atoms with Crippen LogP contribution in [0.1, 0.15) is 59.8 Å². The van der Waals surface area contributed by atoms with E-state index in [1.165, 1.54) is 17.3 Å². The molecule has 2 aliphatic carbocycles. The molecule has 0 unspecified atom stereocenters. The minimum absolute atomic E-state index is 0.0846. The second-order valence-electron chi connectivity index (χ2n) is 10.9. The summed E-state index contributed by atoms with van der Waals surface area (Å²) in [6.45, 7) is 8.25. The predicted octanol–water partition coefficient (Wildman–Crippen LogP) is 5.72. The van der Waals surface area contributed by atoms with Gasteiger partial charge in [0.25, 0.3) is 0 Å². The maximum absolute atomic E-state index is 13.4. The van der Waals surface area contributed by atoms with E-state index in [9.17, 15) is 14.7 Å². The molecule has 0 saturated carbocycles. The lowest BCUT2D eigenvalue weighted by Gasteiger charge is -2.44. The summed E-state index contributed by atoms with van der Waals surface area (Å²) in [6.07, 6.45) is 8.66. The number of thioether (sulfide) groups is 1. The number of fused-ring (bicyclic) bond motifs is 1. The highest BCUT2D eigenvalue weighted by atomic mass is 32.2. The molecule has 5 nitrogen and oxygen atoms in total. The van der Waals surface area contributed by atoms with Crippen LogP contribution < -0.4 is 0 Å². The topological polar surface area (TPSA) is 72.8 Å². The molecule has 1 aliphatic heterocycles. The molecule has 0 radical (unpaired) electrons. The van der Waals surface area contributed by atoms with E-state index in [2.05, 4.69) is 32.1 Å². The van der Waals surface area contributed by atoms with Crippen LogP contribution in [0, 0.1) is 23.7 Å². The standard InChI is InChI=1S/C29H38O5S/c1-18-14-20-11-10-19(2)24(13-12-22-16-21(30)17-26(31)33-22)27(20)25(15-18)34-28(32)29(3,4)35-23-8-6-5-7-9-23/h5-11,14,18-19,21-22,24-25,27,30H,12-13,15-17H2,1-4H3/t18-,19-,21+,22+,24-,25-,27-/m0/s1. The Hall–Kier alpha value is -2.05. The van der Waals surface area contributed by atoms with E-state index >= 15 is 0 Å². The number of ether oxygens (including phenoxy) is 2. The van der Waals surface area contributed by atoms with Crippen molar-refractivity contribution in [1.82, 2.24) is 0 Å². The van der Waals surface area contributed by atoms with Crippen molar-refractivity contribution in [2.75, 3.05) is 0 Å². The molecule has 35 heavy (non-hydrogen) atoms. The molecule has 0 bridgehead atoms. The van der Waals surface area contributed by atoms with E-state index in [-0.39, 0.29) is 42.4 Å². The van der Waals surface area contributed by atoms with E-state index in [1.54, 1.807) is 0 Å². The Morgan fingerprint density at radius 1 is 1.17 bits per heavy atom. The maximum Gasteiger partial charge on any atom is 0.322 e. The van der Waals surface area contributed by atoms with Gasteiger partial charge in [0.1, 0.15) is 17.0 Å². The zero-order valence-electron chi connectivity index (χ0n) is 21.2. The molecule has 1 heterocycles. The molecule has 0 aromatic heterocycles. The molecule has 1 aromatic carbocycles. The van der Waals surface area contributed by atoms with Gasteiger partial charge in [0.05, 0.1) is 12.5 Å². The number of esters is 2. The summed E-state index contributed by atoms with van der Waals surface area (Å²) in [5.74, 6) is 0.549. The minimum atomic E-state index is -0.704. The first kappa shape index (κ1) is 26.0. The van der Waals surface area contributed by atoms with Gasteiger partial charge in [-0.2, -0.15) is 0 Å². The van der Waals surface area contributed by atoms with Crippen LogP contribution in [0.5, 0.6) is 0 Å². The van der Waals surface area contributed by atoms with Gasteiger partial charge < -0.3 is 14.6 Å². The molecule has 1 aromatic rings. The molecule has 4 rings (SSSR count). The molecule has 1 fully saturated rings. The lowest BCUT2D eigenvalue weighted by molar-refractivity contribution is -0.161. The van der Waals surface area contributed by atoms with Crippen LogP contribution in [-0.2, 0) is 19.1 Å². The third-order valence-electron chi connectivity index (χ3n) is 7.52. The van der Waals surface area contributed by atoms with E-state index in [0.717, 1.165) is 17.7 Å². The van der Waals surface area contributed by atoms with Gasteiger partial charge in [-0.25, -0.2) is 0 Å². The number of benzene rings is 1. The van der Waals surface area contributed by atoms with Gasteiger partial charge in [-0.1, -0.05) is 50.3 Å². The van der Waals surface area contributed by atoms with Crippen LogP contribution in [-0.4, -0.2) is 40.1 Å². The maximum atomic E-state index is 13.4. The zero-order valence-corrected chi connectivity index (χ0v) is 22.0. The van der Waals surface area contributed by atoms with Crippen molar-refractivity contribution in [2.45, 2.75) is 87.8 Å². The SMILES string of the molecule is C[C@H]1C=C2C=C[C@H](C)[C@H](CC[C@@H]3C[C@@H](O)CC(=O)O3)[C@H]2[C@@H](OC(=O)C(C)(C)Sc2ccccc2)C1. The molecule has 190 valence electrons. The highest BCUT2D eigenvalue weighted by Crippen LogP contribution is 2.46. The third kappa shape index (κ3) is 6.39. The van der Waals surface area contributed by atoms with Gasteiger partial charge in [0, 0.05) is 17.2 Å². The molecule has 6 heteroatoms. The Balaban J connectivity index is 1.48. The number of carbonyl (C=O) groups excluding carboxylic acids is 2. The predicted molar refractivity (Wildman–Crippen MR) is 138 cm³/mol. The molecule has 7 atom stereocenters. The lowest BCUT2D eigenvalue weighted by Crippen LogP contribution is -2.44. The first-order valence-electron chi connectivity index (χ1n) is 12.8. The largest absolute Gasteiger partial charge is 0.462 e. The summed E-state index contributed by atoms with van der Waals surface area (Å²) in [5.41, 5.74) is 1.25. The average molecular weight is 499 g/mol. The Morgan fingerprint density at radius 2 is 1.91 bits per heavy atom. The smallest absolute Gasteiger partial charge is 0.322 e. The number of allylic oxidation sites excluding steroid dienone is 3. The van der Waals surface area contributed by atoms with Gasteiger partial charge in [0.15, 0.2) is 0 Å². The quantitative estimate of drug-likeness (QED) is 0.383.